The van der Waals surface area contributed by atoms with E-state index >= 15 is 0 Å². The molecular formula is C14H11NO2S. The van der Waals surface area contributed by atoms with Crippen LogP contribution in [0.5, 0.6) is 0 Å². The van der Waals surface area contributed by atoms with Crippen LogP contribution in [0.2, 0.25) is 0 Å². The van der Waals surface area contributed by atoms with Gasteiger partial charge in [-0.2, -0.15) is 0 Å². The lowest BCUT2D eigenvalue weighted by Gasteiger charge is -2.03. The molecule has 0 atom stereocenters. The van der Waals surface area contributed by atoms with Crippen LogP contribution in [0.4, 0.5) is 0 Å². The quantitative estimate of drug-likeness (QED) is 0.722. The van der Waals surface area contributed by atoms with Crippen molar-refractivity contribution in [2.75, 3.05) is 0 Å². The lowest BCUT2D eigenvalue weighted by atomic mass is 10.1. The number of nitrogens with zero attached hydrogens (tertiary/aromatic N) is 1. The molecule has 0 saturated carbocycles. The molecule has 0 bridgehead atoms. The molecule has 2 aromatic heterocycles. The molecule has 3 rings (SSSR count). The Morgan fingerprint density at radius 3 is 2.67 bits per heavy atom. The van der Waals surface area contributed by atoms with E-state index in [9.17, 15) is 4.79 Å². The maximum absolute atomic E-state index is 11.0. The molecule has 0 radical (unpaired) electrons. The fourth-order valence-corrected chi connectivity index (χ4v) is 3.07. The highest BCUT2D eigenvalue weighted by Crippen LogP contribution is 2.29. The van der Waals surface area contributed by atoms with E-state index in [1.54, 1.807) is 6.07 Å². The highest BCUT2D eigenvalue weighted by molar-refractivity contribution is 7.20. The number of benzene rings is 1. The molecule has 3 aromatic rings. The largest absolute Gasteiger partial charge is 0.477 e. The van der Waals surface area contributed by atoms with Gasteiger partial charge in [-0.05, 0) is 37.6 Å². The van der Waals surface area contributed by atoms with E-state index in [2.05, 4.69) is 17.1 Å². The van der Waals surface area contributed by atoms with Crippen LogP contribution < -0.4 is 0 Å². The third-order valence-electron chi connectivity index (χ3n) is 2.95. The van der Waals surface area contributed by atoms with Gasteiger partial charge in [0.1, 0.15) is 9.71 Å². The fraction of sp³-hybridized carbons (Fsp3) is 0.143. The summed E-state index contributed by atoms with van der Waals surface area (Å²) in [5.74, 6) is -0.894. The van der Waals surface area contributed by atoms with E-state index in [0.29, 0.717) is 4.88 Å². The van der Waals surface area contributed by atoms with Gasteiger partial charge in [0.05, 0.1) is 5.52 Å². The number of pyridine rings is 1. The van der Waals surface area contributed by atoms with Gasteiger partial charge in [-0.25, -0.2) is 9.78 Å². The minimum absolute atomic E-state index is 0.335. The average molecular weight is 257 g/mol. The second kappa shape index (κ2) is 3.78. The van der Waals surface area contributed by atoms with Crippen LogP contribution in [0.1, 0.15) is 20.8 Å². The predicted octanol–water partition coefficient (Wildman–Crippen LogP) is 3.76. The molecule has 0 spiro atoms. The van der Waals surface area contributed by atoms with Gasteiger partial charge in [0.2, 0.25) is 0 Å². The van der Waals surface area contributed by atoms with Gasteiger partial charge in [0.25, 0.3) is 0 Å². The van der Waals surface area contributed by atoms with Crippen LogP contribution in [-0.2, 0) is 0 Å². The Balaban J connectivity index is 2.40. The Morgan fingerprint density at radius 1 is 1.17 bits per heavy atom. The van der Waals surface area contributed by atoms with Crippen LogP contribution in [-0.4, -0.2) is 16.1 Å². The van der Waals surface area contributed by atoms with E-state index in [0.717, 1.165) is 26.7 Å². The lowest BCUT2D eigenvalue weighted by molar-refractivity contribution is 0.0702. The molecule has 0 amide bonds. The smallest absolute Gasteiger partial charge is 0.345 e. The van der Waals surface area contributed by atoms with Gasteiger partial charge >= 0.3 is 5.97 Å². The number of carboxylic acids is 1. The summed E-state index contributed by atoms with van der Waals surface area (Å²) in [7, 11) is 0. The second-order valence-electron chi connectivity index (χ2n) is 4.45. The van der Waals surface area contributed by atoms with Crippen LogP contribution in [0, 0.1) is 13.8 Å². The van der Waals surface area contributed by atoms with Crippen LogP contribution in [0.3, 0.4) is 0 Å². The molecule has 3 nitrogen and oxygen atoms in total. The molecule has 18 heavy (non-hydrogen) atoms. The summed E-state index contributed by atoms with van der Waals surface area (Å²) < 4.78 is 0. The summed E-state index contributed by atoms with van der Waals surface area (Å²) >= 11 is 1.22. The normalized spacial score (nSPS) is 11.2. The number of hydrogen-bond acceptors (Lipinski definition) is 3. The van der Waals surface area contributed by atoms with Crippen molar-refractivity contribution in [1.82, 2.24) is 4.98 Å². The van der Waals surface area contributed by atoms with Crippen molar-refractivity contribution in [2.45, 2.75) is 13.8 Å². The molecule has 0 aliphatic carbocycles. The predicted molar refractivity (Wildman–Crippen MR) is 73.6 cm³/mol. The topological polar surface area (TPSA) is 50.2 Å². The Hall–Kier alpha value is -1.94. The van der Waals surface area contributed by atoms with E-state index in [-0.39, 0.29) is 0 Å². The zero-order valence-electron chi connectivity index (χ0n) is 10.0. The minimum Gasteiger partial charge on any atom is -0.477 e. The standard InChI is InChI=1S/C14H11NO2S/c1-7-3-8(2)12-9(4-7)5-10-6-11(14(16)17)18-13(10)15-12/h3-6H,1-2H3,(H,16,17). The van der Waals surface area contributed by atoms with Crippen LogP contribution in [0.25, 0.3) is 21.1 Å². The Kier molecular flexibility index (Phi) is 2.35. The summed E-state index contributed by atoms with van der Waals surface area (Å²) in [5.41, 5.74) is 3.26. The fourth-order valence-electron chi connectivity index (χ4n) is 2.22. The van der Waals surface area contributed by atoms with Gasteiger partial charge < -0.3 is 5.11 Å². The van der Waals surface area contributed by atoms with Crippen LogP contribution >= 0.6 is 11.3 Å². The van der Waals surface area contributed by atoms with Crippen molar-refractivity contribution in [2.24, 2.45) is 0 Å². The number of carbonyl (C=O) groups is 1. The molecule has 90 valence electrons. The first-order chi connectivity index (χ1) is 8.54. The Bertz CT molecular complexity index is 789. The van der Waals surface area contributed by atoms with Crippen molar-refractivity contribution < 1.29 is 9.90 Å². The molecule has 0 aliphatic heterocycles. The summed E-state index contributed by atoms with van der Waals surface area (Å²) in [6, 6.07) is 7.87. The van der Waals surface area contributed by atoms with Gasteiger partial charge in [-0.15, -0.1) is 11.3 Å². The average Bonchev–Trinajstić information content (AvgIpc) is 2.69. The molecule has 0 saturated heterocycles. The van der Waals surface area contributed by atoms with Gasteiger partial charge in [-0.1, -0.05) is 11.6 Å². The molecule has 1 aromatic carbocycles. The van der Waals surface area contributed by atoms with Crippen LogP contribution in [0.15, 0.2) is 24.3 Å². The second-order valence-corrected chi connectivity index (χ2v) is 5.48. The third kappa shape index (κ3) is 1.66. The number of thiophene rings is 1. The maximum atomic E-state index is 11.0. The maximum Gasteiger partial charge on any atom is 0.345 e. The highest BCUT2D eigenvalue weighted by Gasteiger charge is 2.11. The highest BCUT2D eigenvalue weighted by atomic mass is 32.1. The van der Waals surface area contributed by atoms with E-state index in [1.165, 1.54) is 16.9 Å². The number of carboxylic acid groups (broad SMARTS) is 1. The molecule has 0 aliphatic rings. The molecule has 0 unspecified atom stereocenters. The number of aromatic carboxylic acids is 1. The SMILES string of the molecule is Cc1cc(C)c2nc3sc(C(=O)O)cc3cc2c1. The van der Waals surface area contributed by atoms with Crippen molar-refractivity contribution in [3.8, 4) is 0 Å². The number of fused-ring (bicyclic) bond motifs is 2. The molecule has 1 N–H and O–H groups in total. The first kappa shape index (κ1) is 11.2. The van der Waals surface area contributed by atoms with Crippen molar-refractivity contribution in [1.29, 1.82) is 0 Å². The van der Waals surface area contributed by atoms with E-state index in [4.69, 9.17) is 5.11 Å². The summed E-state index contributed by atoms with van der Waals surface area (Å²) in [6.45, 7) is 4.08. The molecular weight excluding hydrogens is 246 g/mol. The van der Waals surface area contributed by atoms with Gasteiger partial charge in [0, 0.05) is 10.8 Å². The van der Waals surface area contributed by atoms with Crippen molar-refractivity contribution in [3.63, 3.8) is 0 Å². The van der Waals surface area contributed by atoms with Gasteiger partial charge in [0.15, 0.2) is 0 Å². The number of aromatic nitrogens is 1. The lowest BCUT2D eigenvalue weighted by Crippen LogP contribution is -1.89. The monoisotopic (exact) mass is 257 g/mol. The first-order valence-corrected chi connectivity index (χ1v) is 6.41. The van der Waals surface area contributed by atoms with E-state index in [1.807, 2.05) is 19.9 Å². The molecule has 4 heteroatoms. The Labute approximate surface area is 108 Å². The summed E-state index contributed by atoms with van der Waals surface area (Å²) in [4.78, 5) is 16.7. The third-order valence-corrected chi connectivity index (χ3v) is 3.98. The summed E-state index contributed by atoms with van der Waals surface area (Å²) in [5, 5.41) is 11.0. The zero-order chi connectivity index (χ0) is 12.9. The Morgan fingerprint density at radius 2 is 1.94 bits per heavy atom. The summed E-state index contributed by atoms with van der Waals surface area (Å²) in [6.07, 6.45) is 0. The molecule has 2 heterocycles. The molecule has 0 fully saturated rings. The number of rotatable bonds is 1. The van der Waals surface area contributed by atoms with Crippen molar-refractivity contribution >= 4 is 38.4 Å². The number of aryl methyl sites for hydroxylation is 2. The van der Waals surface area contributed by atoms with Crippen molar-refractivity contribution in [3.05, 3.63) is 40.3 Å². The minimum atomic E-state index is -0.894. The zero-order valence-corrected chi connectivity index (χ0v) is 10.8. The van der Waals surface area contributed by atoms with E-state index < -0.39 is 5.97 Å². The number of hydrogen-bond donors (Lipinski definition) is 1. The first-order valence-electron chi connectivity index (χ1n) is 5.59. The van der Waals surface area contributed by atoms with Gasteiger partial charge in [-0.3, -0.25) is 0 Å².